The van der Waals surface area contributed by atoms with Gasteiger partial charge in [-0.15, -0.1) is 0 Å². The number of rotatable bonds is 4. The van der Waals surface area contributed by atoms with E-state index in [9.17, 15) is 0 Å². The maximum atomic E-state index is 3.72. The van der Waals surface area contributed by atoms with Gasteiger partial charge >= 0.3 is 0 Å². The zero-order valence-corrected chi connectivity index (χ0v) is 13.8. The standard InChI is InChI=1S/C18H34N2/c1-4-19-14-11-15-9-10-16(12-14)20(15)18-8-6-5-7-17(18)13(2)3/h13-19H,4-12H2,1-3H3. The van der Waals surface area contributed by atoms with E-state index in [0.717, 1.165) is 42.5 Å². The summed E-state index contributed by atoms with van der Waals surface area (Å²) in [5, 5.41) is 3.72. The first-order valence-electron chi connectivity index (χ1n) is 9.21. The van der Waals surface area contributed by atoms with Crippen LogP contribution in [-0.2, 0) is 0 Å². The van der Waals surface area contributed by atoms with Crippen LogP contribution in [0.1, 0.15) is 72.1 Å². The Morgan fingerprint density at radius 3 is 2.25 bits per heavy atom. The van der Waals surface area contributed by atoms with Crippen molar-refractivity contribution in [1.82, 2.24) is 10.2 Å². The number of nitrogens with one attached hydrogen (secondary N) is 1. The van der Waals surface area contributed by atoms with Gasteiger partial charge in [0.2, 0.25) is 0 Å². The van der Waals surface area contributed by atoms with Gasteiger partial charge < -0.3 is 5.32 Å². The molecule has 2 saturated heterocycles. The number of fused-ring (bicyclic) bond motifs is 2. The van der Waals surface area contributed by atoms with Gasteiger partial charge in [-0.3, -0.25) is 4.90 Å². The average Bonchev–Trinajstić information content (AvgIpc) is 2.70. The van der Waals surface area contributed by atoms with Crippen LogP contribution in [0.5, 0.6) is 0 Å². The number of nitrogens with zero attached hydrogens (tertiary/aromatic N) is 1. The molecule has 0 radical (unpaired) electrons. The van der Waals surface area contributed by atoms with Crippen molar-refractivity contribution >= 4 is 0 Å². The molecular weight excluding hydrogens is 244 g/mol. The SMILES string of the molecule is CCNC1CC2CCC(C1)N2C1CCCCC1C(C)C. The molecule has 0 aromatic rings. The Morgan fingerprint density at radius 1 is 1.00 bits per heavy atom. The molecule has 1 saturated carbocycles. The van der Waals surface area contributed by atoms with Gasteiger partial charge in [-0.05, 0) is 56.9 Å². The van der Waals surface area contributed by atoms with Crippen LogP contribution in [0.4, 0.5) is 0 Å². The Kier molecular flexibility index (Phi) is 4.72. The molecule has 0 spiro atoms. The first kappa shape index (κ1) is 14.8. The highest BCUT2D eigenvalue weighted by atomic mass is 15.3. The Hall–Kier alpha value is -0.0800. The highest BCUT2D eigenvalue weighted by Gasteiger charge is 2.46. The summed E-state index contributed by atoms with van der Waals surface area (Å²) < 4.78 is 0. The molecule has 0 aromatic carbocycles. The minimum Gasteiger partial charge on any atom is -0.314 e. The van der Waals surface area contributed by atoms with E-state index in [2.05, 4.69) is 31.0 Å². The van der Waals surface area contributed by atoms with E-state index in [0.29, 0.717) is 0 Å². The van der Waals surface area contributed by atoms with Gasteiger partial charge in [0.1, 0.15) is 0 Å². The summed E-state index contributed by atoms with van der Waals surface area (Å²) in [6.45, 7) is 8.30. The predicted octanol–water partition coefficient (Wildman–Crippen LogP) is 3.81. The van der Waals surface area contributed by atoms with Crippen LogP contribution < -0.4 is 5.32 Å². The Balaban J connectivity index is 1.71. The molecule has 2 heteroatoms. The molecule has 2 nitrogen and oxygen atoms in total. The molecule has 3 aliphatic rings. The third kappa shape index (κ3) is 2.78. The zero-order valence-electron chi connectivity index (χ0n) is 13.8. The van der Waals surface area contributed by atoms with Crippen molar-refractivity contribution < 1.29 is 0 Å². The molecule has 116 valence electrons. The molecule has 20 heavy (non-hydrogen) atoms. The molecule has 3 fully saturated rings. The lowest BCUT2D eigenvalue weighted by molar-refractivity contribution is 0.00832. The summed E-state index contributed by atoms with van der Waals surface area (Å²) in [5.41, 5.74) is 0. The zero-order chi connectivity index (χ0) is 14.1. The van der Waals surface area contributed by atoms with E-state index in [4.69, 9.17) is 0 Å². The van der Waals surface area contributed by atoms with Crippen molar-refractivity contribution in [3.05, 3.63) is 0 Å². The highest BCUT2D eigenvalue weighted by molar-refractivity contribution is 5.02. The van der Waals surface area contributed by atoms with Crippen molar-refractivity contribution in [3.8, 4) is 0 Å². The summed E-state index contributed by atoms with van der Waals surface area (Å²) >= 11 is 0. The van der Waals surface area contributed by atoms with Gasteiger partial charge in [0.15, 0.2) is 0 Å². The third-order valence-corrected chi connectivity index (χ3v) is 6.30. The lowest BCUT2D eigenvalue weighted by atomic mass is 9.75. The summed E-state index contributed by atoms with van der Waals surface area (Å²) in [6.07, 6.45) is 11.7. The second kappa shape index (κ2) is 6.36. The maximum absolute atomic E-state index is 3.72. The molecule has 1 aliphatic carbocycles. The molecule has 2 aliphatic heterocycles. The van der Waals surface area contributed by atoms with Gasteiger partial charge in [-0.1, -0.05) is 33.6 Å². The number of hydrogen-bond acceptors (Lipinski definition) is 2. The molecule has 4 atom stereocenters. The van der Waals surface area contributed by atoms with Crippen LogP contribution in [0, 0.1) is 11.8 Å². The van der Waals surface area contributed by atoms with Crippen molar-refractivity contribution in [2.45, 2.75) is 96.3 Å². The van der Waals surface area contributed by atoms with Gasteiger partial charge in [-0.2, -0.15) is 0 Å². The topological polar surface area (TPSA) is 15.3 Å². The van der Waals surface area contributed by atoms with E-state index in [1.165, 1.54) is 51.4 Å². The van der Waals surface area contributed by atoms with E-state index >= 15 is 0 Å². The smallest absolute Gasteiger partial charge is 0.0132 e. The first-order chi connectivity index (χ1) is 9.70. The lowest BCUT2D eigenvalue weighted by Gasteiger charge is -2.49. The molecule has 0 amide bonds. The van der Waals surface area contributed by atoms with Crippen LogP contribution in [0.25, 0.3) is 0 Å². The second-order valence-electron chi connectivity index (χ2n) is 7.82. The average molecular weight is 278 g/mol. The maximum Gasteiger partial charge on any atom is 0.0132 e. The molecule has 2 heterocycles. The van der Waals surface area contributed by atoms with Crippen LogP contribution in [0.15, 0.2) is 0 Å². The summed E-state index contributed by atoms with van der Waals surface area (Å²) in [4.78, 5) is 3.01. The highest BCUT2D eigenvalue weighted by Crippen LogP contribution is 2.43. The van der Waals surface area contributed by atoms with Gasteiger partial charge in [0.25, 0.3) is 0 Å². The number of piperidine rings is 1. The number of hydrogen-bond donors (Lipinski definition) is 1. The predicted molar refractivity (Wildman–Crippen MR) is 85.9 cm³/mol. The normalized spacial score (nSPS) is 42.3. The molecule has 2 bridgehead atoms. The van der Waals surface area contributed by atoms with Crippen LogP contribution >= 0.6 is 0 Å². The van der Waals surface area contributed by atoms with Crippen molar-refractivity contribution in [2.24, 2.45) is 11.8 Å². The summed E-state index contributed by atoms with van der Waals surface area (Å²) in [7, 11) is 0. The second-order valence-corrected chi connectivity index (χ2v) is 7.82. The van der Waals surface area contributed by atoms with Crippen molar-refractivity contribution in [1.29, 1.82) is 0 Å². The van der Waals surface area contributed by atoms with E-state index in [-0.39, 0.29) is 0 Å². The van der Waals surface area contributed by atoms with Gasteiger partial charge in [0.05, 0.1) is 0 Å². The van der Waals surface area contributed by atoms with Crippen molar-refractivity contribution in [3.63, 3.8) is 0 Å². The Labute approximate surface area is 125 Å². The van der Waals surface area contributed by atoms with E-state index < -0.39 is 0 Å². The lowest BCUT2D eigenvalue weighted by Crippen LogP contribution is -2.56. The van der Waals surface area contributed by atoms with Gasteiger partial charge in [-0.25, -0.2) is 0 Å². The fourth-order valence-corrected chi connectivity index (χ4v) is 5.50. The fraction of sp³-hybridized carbons (Fsp3) is 1.00. The minimum atomic E-state index is 0.801. The van der Waals surface area contributed by atoms with Gasteiger partial charge in [0, 0.05) is 24.2 Å². The van der Waals surface area contributed by atoms with E-state index in [1.807, 2.05) is 0 Å². The van der Waals surface area contributed by atoms with Crippen LogP contribution in [0.3, 0.4) is 0 Å². The van der Waals surface area contributed by atoms with E-state index in [1.54, 1.807) is 0 Å². The largest absolute Gasteiger partial charge is 0.314 e. The molecular formula is C18H34N2. The molecule has 3 rings (SSSR count). The summed E-state index contributed by atoms with van der Waals surface area (Å²) in [5.74, 6) is 1.83. The monoisotopic (exact) mass is 278 g/mol. The first-order valence-corrected chi connectivity index (χ1v) is 9.21. The molecule has 0 aromatic heterocycles. The summed E-state index contributed by atoms with van der Waals surface area (Å²) in [6, 6.07) is 3.49. The minimum absolute atomic E-state index is 0.801. The molecule has 1 N–H and O–H groups in total. The van der Waals surface area contributed by atoms with Crippen LogP contribution in [0.2, 0.25) is 0 Å². The Bertz CT molecular complexity index is 301. The third-order valence-electron chi connectivity index (χ3n) is 6.30. The van der Waals surface area contributed by atoms with Crippen LogP contribution in [-0.4, -0.2) is 35.6 Å². The van der Waals surface area contributed by atoms with Crippen molar-refractivity contribution in [2.75, 3.05) is 6.54 Å². The Morgan fingerprint density at radius 2 is 1.65 bits per heavy atom. The fourth-order valence-electron chi connectivity index (χ4n) is 5.50. The molecule has 4 unspecified atom stereocenters. The quantitative estimate of drug-likeness (QED) is 0.841.